The Morgan fingerprint density at radius 3 is 2.17 bits per heavy atom. The van der Waals surface area contributed by atoms with Crippen LogP contribution in [-0.2, 0) is 0 Å². The lowest BCUT2D eigenvalue weighted by Crippen LogP contribution is -2.28. The van der Waals surface area contributed by atoms with Crippen LogP contribution >= 0.6 is 0 Å². The van der Waals surface area contributed by atoms with E-state index >= 15 is 0 Å². The molecule has 23 heavy (non-hydrogen) atoms. The van der Waals surface area contributed by atoms with E-state index in [1.165, 1.54) is 0 Å². The highest BCUT2D eigenvalue weighted by Gasteiger charge is 2.18. The molecule has 0 aliphatic heterocycles. The molecule has 0 saturated heterocycles. The molecule has 0 aliphatic rings. The van der Waals surface area contributed by atoms with Crippen LogP contribution in [0, 0.1) is 20.8 Å². The van der Waals surface area contributed by atoms with Crippen molar-refractivity contribution in [3.05, 3.63) is 46.3 Å². The summed E-state index contributed by atoms with van der Waals surface area (Å²) in [5.41, 5.74) is 4.55. The smallest absolute Gasteiger partial charge is 0.268 e. The number of aromatic nitrogens is 1. The Labute approximate surface area is 137 Å². The minimum atomic E-state index is -0.148. The van der Waals surface area contributed by atoms with Crippen molar-refractivity contribution in [3.63, 3.8) is 0 Å². The molecule has 5 heteroatoms. The standard InChI is InChI=1S/C18H24N2O3/c1-10-8-15(22-5)16(23-6)9-14(10)13(4)20-18(21)17-11(2)7-12(3)19-17/h7-9,13,19H,1-6H3,(H,20,21)/t13-/m1/s1. The lowest BCUT2D eigenvalue weighted by molar-refractivity contribution is 0.0934. The van der Waals surface area contributed by atoms with Crippen molar-refractivity contribution in [1.29, 1.82) is 0 Å². The van der Waals surface area contributed by atoms with Crippen molar-refractivity contribution < 1.29 is 14.3 Å². The van der Waals surface area contributed by atoms with Crippen LogP contribution in [0.15, 0.2) is 18.2 Å². The van der Waals surface area contributed by atoms with Gasteiger partial charge in [0.2, 0.25) is 0 Å². The van der Waals surface area contributed by atoms with E-state index in [0.29, 0.717) is 17.2 Å². The molecule has 5 nitrogen and oxygen atoms in total. The Morgan fingerprint density at radius 2 is 1.65 bits per heavy atom. The first kappa shape index (κ1) is 16.9. The van der Waals surface area contributed by atoms with Gasteiger partial charge in [0.05, 0.1) is 20.3 Å². The van der Waals surface area contributed by atoms with Crippen molar-refractivity contribution in [2.45, 2.75) is 33.7 Å². The number of methoxy groups -OCH3 is 2. The van der Waals surface area contributed by atoms with Crippen molar-refractivity contribution in [1.82, 2.24) is 10.3 Å². The number of benzene rings is 1. The number of carbonyl (C=O) groups excluding carboxylic acids is 1. The molecular formula is C18H24N2O3. The number of rotatable bonds is 5. The fraction of sp³-hybridized carbons (Fsp3) is 0.389. The van der Waals surface area contributed by atoms with Crippen molar-refractivity contribution in [2.75, 3.05) is 14.2 Å². The van der Waals surface area contributed by atoms with Crippen LogP contribution in [0.1, 0.15) is 45.8 Å². The molecule has 2 aromatic rings. The first-order valence-electron chi connectivity index (χ1n) is 7.57. The summed E-state index contributed by atoms with van der Waals surface area (Å²) in [5.74, 6) is 1.22. The molecule has 0 bridgehead atoms. The number of carbonyl (C=O) groups is 1. The van der Waals surface area contributed by atoms with E-state index in [9.17, 15) is 4.79 Å². The summed E-state index contributed by atoms with van der Waals surface area (Å²) in [4.78, 5) is 15.6. The van der Waals surface area contributed by atoms with Crippen molar-refractivity contribution in [3.8, 4) is 11.5 Å². The van der Waals surface area contributed by atoms with Gasteiger partial charge >= 0.3 is 0 Å². The minimum absolute atomic E-state index is 0.114. The van der Waals surface area contributed by atoms with Crippen LogP contribution in [0.4, 0.5) is 0 Å². The Balaban J connectivity index is 2.25. The van der Waals surface area contributed by atoms with Gasteiger partial charge in [0, 0.05) is 5.69 Å². The van der Waals surface area contributed by atoms with E-state index in [1.807, 2.05) is 45.9 Å². The predicted octanol–water partition coefficient (Wildman–Crippen LogP) is 3.45. The molecule has 0 fully saturated rings. The van der Waals surface area contributed by atoms with Crippen LogP contribution in [0.5, 0.6) is 11.5 Å². The van der Waals surface area contributed by atoms with E-state index in [0.717, 1.165) is 22.4 Å². The number of H-pyrrole nitrogens is 1. The third-order valence-corrected chi connectivity index (χ3v) is 3.96. The van der Waals surface area contributed by atoms with E-state index in [4.69, 9.17) is 9.47 Å². The van der Waals surface area contributed by atoms with Crippen LogP contribution in [0.2, 0.25) is 0 Å². The topological polar surface area (TPSA) is 63.3 Å². The third-order valence-electron chi connectivity index (χ3n) is 3.96. The molecule has 2 N–H and O–H groups in total. The Kier molecular flexibility index (Phi) is 4.98. The highest BCUT2D eigenvalue weighted by atomic mass is 16.5. The average molecular weight is 316 g/mol. The monoisotopic (exact) mass is 316 g/mol. The molecule has 1 heterocycles. The maximum absolute atomic E-state index is 12.5. The second kappa shape index (κ2) is 6.77. The van der Waals surface area contributed by atoms with Gasteiger partial charge < -0.3 is 19.8 Å². The molecule has 2 rings (SSSR count). The SMILES string of the molecule is COc1cc(C)c([C@@H](C)NC(=O)c2[nH]c(C)cc2C)cc1OC. The zero-order valence-corrected chi connectivity index (χ0v) is 14.5. The third kappa shape index (κ3) is 3.50. The van der Waals surface area contributed by atoms with Gasteiger partial charge in [0.1, 0.15) is 5.69 Å². The highest BCUT2D eigenvalue weighted by Crippen LogP contribution is 2.32. The molecule has 1 aromatic heterocycles. The number of amides is 1. The van der Waals surface area contributed by atoms with Crippen LogP contribution in [0.3, 0.4) is 0 Å². The van der Waals surface area contributed by atoms with Crippen molar-refractivity contribution >= 4 is 5.91 Å². The molecule has 124 valence electrons. The second-order valence-electron chi connectivity index (χ2n) is 5.77. The Hall–Kier alpha value is -2.43. The fourth-order valence-electron chi connectivity index (χ4n) is 2.77. The zero-order valence-electron chi connectivity index (χ0n) is 14.5. The van der Waals surface area contributed by atoms with Gasteiger partial charge in [-0.3, -0.25) is 4.79 Å². The summed E-state index contributed by atoms with van der Waals surface area (Å²) < 4.78 is 10.7. The average Bonchev–Trinajstić information content (AvgIpc) is 2.85. The number of hydrogen-bond acceptors (Lipinski definition) is 3. The van der Waals surface area contributed by atoms with E-state index in [-0.39, 0.29) is 11.9 Å². The maximum Gasteiger partial charge on any atom is 0.268 e. The summed E-state index contributed by atoms with van der Waals surface area (Å²) in [6, 6.07) is 5.64. The summed E-state index contributed by atoms with van der Waals surface area (Å²) in [7, 11) is 3.21. The molecule has 0 saturated carbocycles. The number of aryl methyl sites for hydroxylation is 3. The van der Waals surface area contributed by atoms with E-state index in [1.54, 1.807) is 14.2 Å². The summed E-state index contributed by atoms with van der Waals surface area (Å²) >= 11 is 0. The van der Waals surface area contributed by atoms with Gasteiger partial charge in [-0.1, -0.05) is 0 Å². The van der Waals surface area contributed by atoms with Gasteiger partial charge in [-0.25, -0.2) is 0 Å². The zero-order chi connectivity index (χ0) is 17.1. The molecule has 1 aromatic carbocycles. The molecule has 0 aliphatic carbocycles. The lowest BCUT2D eigenvalue weighted by Gasteiger charge is -2.19. The number of nitrogens with one attached hydrogen (secondary N) is 2. The van der Waals surface area contributed by atoms with Crippen LogP contribution < -0.4 is 14.8 Å². The van der Waals surface area contributed by atoms with Gasteiger partial charge in [0.15, 0.2) is 11.5 Å². The Morgan fingerprint density at radius 1 is 1.04 bits per heavy atom. The number of aromatic amines is 1. The molecule has 0 unspecified atom stereocenters. The molecular weight excluding hydrogens is 292 g/mol. The lowest BCUT2D eigenvalue weighted by atomic mass is 10.0. The molecule has 1 atom stereocenters. The first-order valence-corrected chi connectivity index (χ1v) is 7.57. The van der Waals surface area contributed by atoms with Gasteiger partial charge in [-0.05, 0) is 62.6 Å². The highest BCUT2D eigenvalue weighted by molar-refractivity contribution is 5.94. The van der Waals surface area contributed by atoms with E-state index in [2.05, 4.69) is 10.3 Å². The largest absolute Gasteiger partial charge is 0.493 e. The van der Waals surface area contributed by atoms with Crippen LogP contribution in [-0.4, -0.2) is 25.1 Å². The summed E-state index contributed by atoms with van der Waals surface area (Å²) in [6.45, 7) is 7.80. The van der Waals surface area contributed by atoms with Crippen molar-refractivity contribution in [2.24, 2.45) is 0 Å². The molecule has 0 spiro atoms. The quantitative estimate of drug-likeness (QED) is 0.888. The summed E-state index contributed by atoms with van der Waals surface area (Å²) in [6.07, 6.45) is 0. The Bertz CT molecular complexity index is 719. The predicted molar refractivity (Wildman–Crippen MR) is 90.4 cm³/mol. The number of hydrogen-bond donors (Lipinski definition) is 2. The van der Waals surface area contributed by atoms with Gasteiger partial charge in [-0.2, -0.15) is 0 Å². The first-order chi connectivity index (χ1) is 10.9. The molecule has 1 amide bonds. The van der Waals surface area contributed by atoms with Gasteiger partial charge in [-0.15, -0.1) is 0 Å². The minimum Gasteiger partial charge on any atom is -0.493 e. The van der Waals surface area contributed by atoms with Crippen LogP contribution in [0.25, 0.3) is 0 Å². The number of ether oxygens (including phenoxy) is 2. The maximum atomic E-state index is 12.5. The van der Waals surface area contributed by atoms with Gasteiger partial charge in [0.25, 0.3) is 5.91 Å². The summed E-state index contributed by atoms with van der Waals surface area (Å²) in [5, 5.41) is 3.03. The fourth-order valence-corrected chi connectivity index (χ4v) is 2.77. The molecule has 0 radical (unpaired) electrons. The normalized spacial score (nSPS) is 11.9. The second-order valence-corrected chi connectivity index (χ2v) is 5.77. The van der Waals surface area contributed by atoms with E-state index < -0.39 is 0 Å².